The Morgan fingerprint density at radius 1 is 1.21 bits per heavy atom. The Morgan fingerprint density at radius 3 is 2.61 bits per heavy atom. The zero-order valence-corrected chi connectivity index (χ0v) is 21.1. The number of fused-ring (bicyclic) bond motifs is 1. The van der Waals surface area contributed by atoms with Crippen molar-refractivity contribution in [2.75, 3.05) is 6.54 Å². The van der Waals surface area contributed by atoms with Crippen molar-refractivity contribution in [2.45, 2.75) is 110 Å². The van der Waals surface area contributed by atoms with Crippen molar-refractivity contribution < 1.29 is 14.3 Å². The fraction of sp³-hybridized carbons (Fsp3) is 0.741. The van der Waals surface area contributed by atoms with Crippen molar-refractivity contribution in [3.05, 3.63) is 29.1 Å². The highest BCUT2D eigenvalue weighted by molar-refractivity contribution is 5.84. The Kier molecular flexibility index (Phi) is 6.75. The molecule has 0 aromatic carbocycles. The van der Waals surface area contributed by atoms with Crippen molar-refractivity contribution >= 4 is 12.0 Å². The lowest BCUT2D eigenvalue weighted by Crippen LogP contribution is -2.48. The van der Waals surface area contributed by atoms with Crippen LogP contribution in [0.25, 0.3) is 0 Å². The fourth-order valence-corrected chi connectivity index (χ4v) is 6.05. The molecule has 0 bridgehead atoms. The summed E-state index contributed by atoms with van der Waals surface area (Å²) < 4.78 is 5.45. The second-order valence-electron chi connectivity index (χ2n) is 11.7. The second-order valence-corrected chi connectivity index (χ2v) is 11.7. The lowest BCUT2D eigenvalue weighted by molar-refractivity contribution is -0.145. The van der Waals surface area contributed by atoms with Crippen LogP contribution in [0.1, 0.15) is 102 Å². The summed E-state index contributed by atoms with van der Waals surface area (Å²) in [7, 11) is 0. The van der Waals surface area contributed by atoms with Gasteiger partial charge in [-0.05, 0) is 75.8 Å². The first-order valence-corrected chi connectivity index (χ1v) is 12.8. The lowest BCUT2D eigenvalue weighted by Gasteiger charge is -2.39. The van der Waals surface area contributed by atoms with E-state index in [1.165, 1.54) is 36.8 Å². The van der Waals surface area contributed by atoms with E-state index in [-0.39, 0.29) is 17.9 Å². The first kappa shape index (κ1) is 24.0. The molecular formula is C27H41N3O3. The van der Waals surface area contributed by atoms with Gasteiger partial charge in [-0.15, -0.1) is 0 Å². The number of alkyl carbamates (subject to hydrolysis) is 1. The van der Waals surface area contributed by atoms with Gasteiger partial charge >= 0.3 is 6.09 Å². The van der Waals surface area contributed by atoms with Crippen molar-refractivity contribution in [2.24, 2.45) is 11.3 Å². The first-order valence-electron chi connectivity index (χ1n) is 12.8. The number of aromatic nitrogens is 1. The summed E-state index contributed by atoms with van der Waals surface area (Å²) in [5, 5.41) is 3.02. The van der Waals surface area contributed by atoms with E-state index >= 15 is 0 Å². The second kappa shape index (κ2) is 9.27. The van der Waals surface area contributed by atoms with E-state index in [0.29, 0.717) is 18.9 Å². The highest BCUT2D eigenvalue weighted by Gasteiger charge is 2.50. The molecule has 2 fully saturated rings. The van der Waals surface area contributed by atoms with Crippen LogP contribution >= 0.6 is 0 Å². The number of hydrogen-bond donors (Lipinski definition) is 1. The maximum absolute atomic E-state index is 13.9. The molecule has 1 aromatic rings. The smallest absolute Gasteiger partial charge is 0.407 e. The van der Waals surface area contributed by atoms with E-state index in [9.17, 15) is 9.59 Å². The predicted octanol–water partition coefficient (Wildman–Crippen LogP) is 5.34. The molecule has 1 aliphatic heterocycles. The average molecular weight is 456 g/mol. The largest absolute Gasteiger partial charge is 0.444 e. The van der Waals surface area contributed by atoms with Crippen molar-refractivity contribution in [3.8, 4) is 0 Å². The summed E-state index contributed by atoms with van der Waals surface area (Å²) in [5.41, 5.74) is 2.75. The molecule has 2 heterocycles. The first-order chi connectivity index (χ1) is 15.6. The molecule has 4 rings (SSSR count). The molecule has 6 heteroatoms. The summed E-state index contributed by atoms with van der Waals surface area (Å²) in [5.74, 6) is 1.08. The number of carbonyl (C=O) groups excluding carboxylic acids is 2. The van der Waals surface area contributed by atoms with E-state index in [1.54, 1.807) is 0 Å². The van der Waals surface area contributed by atoms with Gasteiger partial charge in [0, 0.05) is 37.4 Å². The molecule has 2 aliphatic carbocycles. The minimum Gasteiger partial charge on any atom is -0.444 e. The molecule has 0 saturated heterocycles. The molecule has 182 valence electrons. The third-order valence-electron chi connectivity index (χ3n) is 7.98. The molecule has 6 nitrogen and oxygen atoms in total. The van der Waals surface area contributed by atoms with Crippen LogP contribution in [0.15, 0.2) is 12.3 Å². The summed E-state index contributed by atoms with van der Waals surface area (Å²) in [6.07, 6.45) is 9.91. The Hall–Kier alpha value is -2.11. The van der Waals surface area contributed by atoms with E-state index in [0.717, 1.165) is 31.5 Å². The monoisotopic (exact) mass is 455 g/mol. The third kappa shape index (κ3) is 5.20. The van der Waals surface area contributed by atoms with Gasteiger partial charge in [0.15, 0.2) is 0 Å². The van der Waals surface area contributed by atoms with Crippen LogP contribution in [0.3, 0.4) is 0 Å². The van der Waals surface area contributed by atoms with Gasteiger partial charge in [-0.1, -0.05) is 32.8 Å². The molecule has 3 aliphatic rings. The molecule has 2 amide bonds. The number of nitrogens with one attached hydrogen (secondary N) is 1. The zero-order valence-electron chi connectivity index (χ0n) is 21.1. The lowest BCUT2D eigenvalue weighted by atomic mass is 9.74. The van der Waals surface area contributed by atoms with Gasteiger partial charge < -0.3 is 15.0 Å². The number of amides is 2. The molecule has 1 aromatic heterocycles. The SMILES string of the molecule is CC(C)C1(C(=O)N2CCc3ncc(C4CCCC4)cc3C2)CCC(NC(=O)OC(C)(C)C)C1. The Balaban J connectivity index is 1.46. The number of carbonyl (C=O) groups is 2. The highest BCUT2D eigenvalue weighted by Crippen LogP contribution is 2.46. The molecule has 2 unspecified atom stereocenters. The van der Waals surface area contributed by atoms with Crippen LogP contribution in [0.2, 0.25) is 0 Å². The third-order valence-corrected chi connectivity index (χ3v) is 7.98. The number of nitrogens with zero attached hydrogens (tertiary/aromatic N) is 2. The minimum atomic E-state index is -0.528. The Labute approximate surface area is 198 Å². The van der Waals surface area contributed by atoms with Gasteiger partial charge in [-0.2, -0.15) is 0 Å². The molecule has 1 N–H and O–H groups in total. The Bertz CT molecular complexity index is 885. The van der Waals surface area contributed by atoms with Gasteiger partial charge in [0.25, 0.3) is 0 Å². The van der Waals surface area contributed by atoms with E-state index in [4.69, 9.17) is 9.72 Å². The number of pyridine rings is 1. The minimum absolute atomic E-state index is 0.0288. The van der Waals surface area contributed by atoms with Gasteiger partial charge in [-0.25, -0.2) is 4.79 Å². The van der Waals surface area contributed by atoms with Gasteiger partial charge in [-0.3, -0.25) is 9.78 Å². The van der Waals surface area contributed by atoms with Gasteiger partial charge in [0.1, 0.15) is 5.60 Å². The molecular weight excluding hydrogens is 414 g/mol. The maximum Gasteiger partial charge on any atom is 0.407 e. The summed E-state index contributed by atoms with van der Waals surface area (Å²) in [6.45, 7) is 11.3. The van der Waals surface area contributed by atoms with Gasteiger partial charge in [0.05, 0.1) is 5.41 Å². The molecule has 2 saturated carbocycles. The van der Waals surface area contributed by atoms with E-state index in [1.807, 2.05) is 20.8 Å². The van der Waals surface area contributed by atoms with Crippen molar-refractivity contribution in [3.63, 3.8) is 0 Å². The number of rotatable bonds is 4. The van der Waals surface area contributed by atoms with E-state index < -0.39 is 17.1 Å². The zero-order chi connectivity index (χ0) is 23.8. The maximum atomic E-state index is 13.9. The summed E-state index contributed by atoms with van der Waals surface area (Å²) in [6, 6.07) is 2.29. The Morgan fingerprint density at radius 2 is 1.94 bits per heavy atom. The molecule has 33 heavy (non-hydrogen) atoms. The normalized spacial score (nSPS) is 25.9. The van der Waals surface area contributed by atoms with Crippen LogP contribution in [0.5, 0.6) is 0 Å². The van der Waals surface area contributed by atoms with Crippen LogP contribution in [0.4, 0.5) is 4.79 Å². The molecule has 0 radical (unpaired) electrons. The summed E-state index contributed by atoms with van der Waals surface area (Å²) >= 11 is 0. The van der Waals surface area contributed by atoms with Crippen LogP contribution in [-0.4, -0.2) is 40.1 Å². The fourth-order valence-electron chi connectivity index (χ4n) is 6.05. The molecule has 2 atom stereocenters. The topological polar surface area (TPSA) is 71.5 Å². The van der Waals surface area contributed by atoms with E-state index in [2.05, 4.69) is 36.3 Å². The number of ether oxygens (including phenoxy) is 1. The van der Waals surface area contributed by atoms with Crippen molar-refractivity contribution in [1.29, 1.82) is 0 Å². The predicted molar refractivity (Wildman–Crippen MR) is 129 cm³/mol. The van der Waals surface area contributed by atoms with Gasteiger partial charge in [0.2, 0.25) is 5.91 Å². The van der Waals surface area contributed by atoms with Crippen molar-refractivity contribution in [1.82, 2.24) is 15.2 Å². The van der Waals surface area contributed by atoms with Crippen LogP contribution < -0.4 is 5.32 Å². The molecule has 0 spiro atoms. The standard InChI is InChI=1S/C27H41N3O3/c1-18(2)27(12-10-22(15-27)29-25(32)33-26(3,4)5)24(31)30-13-11-23-21(17-30)14-20(16-28-23)19-8-6-7-9-19/h14,16,18-19,22H,6-13,15,17H2,1-5H3,(H,29,32). The average Bonchev–Trinajstić information content (AvgIpc) is 3.42. The number of hydrogen-bond acceptors (Lipinski definition) is 4. The quantitative estimate of drug-likeness (QED) is 0.665. The van der Waals surface area contributed by atoms with Crippen LogP contribution in [0, 0.1) is 11.3 Å². The van der Waals surface area contributed by atoms with Crippen LogP contribution in [-0.2, 0) is 22.5 Å². The summed E-state index contributed by atoms with van der Waals surface area (Å²) in [4.78, 5) is 33.1. The highest BCUT2D eigenvalue weighted by atomic mass is 16.6.